The molecular formula is C15H18N2O3. The van der Waals surface area contributed by atoms with Crippen LogP contribution in [0.3, 0.4) is 0 Å². The van der Waals surface area contributed by atoms with Crippen LogP contribution in [0.25, 0.3) is 0 Å². The highest BCUT2D eigenvalue weighted by molar-refractivity contribution is 6.02. The van der Waals surface area contributed by atoms with Crippen LogP contribution in [0.4, 0.5) is 5.69 Å². The Hall–Kier alpha value is -2.04. The third-order valence-corrected chi connectivity index (χ3v) is 4.05. The number of benzene rings is 1. The summed E-state index contributed by atoms with van der Waals surface area (Å²) in [5.41, 5.74) is 0.751. The number of carbonyl (C=O) groups is 2. The molecule has 0 bridgehead atoms. The van der Waals surface area contributed by atoms with E-state index in [2.05, 4.69) is 0 Å². The van der Waals surface area contributed by atoms with Gasteiger partial charge in [0.15, 0.2) is 0 Å². The van der Waals surface area contributed by atoms with Crippen molar-refractivity contribution in [3.63, 3.8) is 0 Å². The maximum atomic E-state index is 12.7. The van der Waals surface area contributed by atoms with E-state index in [0.717, 1.165) is 18.5 Å². The van der Waals surface area contributed by atoms with Gasteiger partial charge in [-0.2, -0.15) is 0 Å². The van der Waals surface area contributed by atoms with Gasteiger partial charge < -0.3 is 14.5 Å². The van der Waals surface area contributed by atoms with Crippen LogP contribution in [0.5, 0.6) is 5.75 Å². The summed E-state index contributed by atoms with van der Waals surface area (Å²) in [6.45, 7) is 1.13. The van der Waals surface area contributed by atoms with E-state index in [1.807, 2.05) is 24.3 Å². The zero-order valence-corrected chi connectivity index (χ0v) is 11.5. The molecule has 2 fully saturated rings. The molecule has 3 rings (SSSR count). The van der Waals surface area contributed by atoms with Crippen LogP contribution in [0.2, 0.25) is 0 Å². The molecule has 2 aliphatic rings. The summed E-state index contributed by atoms with van der Waals surface area (Å²) >= 11 is 0. The number of anilines is 1. The van der Waals surface area contributed by atoms with Crippen molar-refractivity contribution in [1.29, 1.82) is 0 Å². The Kier molecular flexibility index (Phi) is 3.34. The number of rotatable bonds is 2. The maximum Gasteiger partial charge on any atom is 0.249 e. The topological polar surface area (TPSA) is 49.9 Å². The van der Waals surface area contributed by atoms with Crippen LogP contribution < -0.4 is 9.64 Å². The second-order valence-corrected chi connectivity index (χ2v) is 5.16. The molecule has 0 saturated carbocycles. The van der Waals surface area contributed by atoms with E-state index < -0.39 is 0 Å². The van der Waals surface area contributed by atoms with Gasteiger partial charge in [0.1, 0.15) is 11.8 Å². The highest BCUT2D eigenvalue weighted by Gasteiger charge is 2.40. The molecule has 2 saturated heterocycles. The number of nitrogens with zero attached hydrogens (tertiary/aromatic N) is 2. The Morgan fingerprint density at radius 1 is 1.20 bits per heavy atom. The molecule has 20 heavy (non-hydrogen) atoms. The summed E-state index contributed by atoms with van der Waals surface area (Å²) in [5, 5.41) is 0. The average Bonchev–Trinajstić information content (AvgIpc) is 2.93. The predicted octanol–water partition coefficient (Wildman–Crippen LogP) is 1.42. The Labute approximate surface area is 118 Å². The SMILES string of the molecule is COc1ccccc1N1CCC(=O)N2CCCC2C1=O. The number of amides is 2. The van der Waals surface area contributed by atoms with Crippen LogP contribution >= 0.6 is 0 Å². The molecular weight excluding hydrogens is 256 g/mol. The smallest absolute Gasteiger partial charge is 0.249 e. The molecule has 2 aliphatic heterocycles. The van der Waals surface area contributed by atoms with Crippen LogP contribution in [0.1, 0.15) is 19.3 Å². The Morgan fingerprint density at radius 3 is 2.80 bits per heavy atom. The summed E-state index contributed by atoms with van der Waals surface area (Å²) in [4.78, 5) is 28.2. The van der Waals surface area contributed by atoms with Gasteiger partial charge in [-0.15, -0.1) is 0 Å². The summed E-state index contributed by atoms with van der Waals surface area (Å²) < 4.78 is 5.33. The zero-order chi connectivity index (χ0) is 14.1. The zero-order valence-electron chi connectivity index (χ0n) is 11.5. The fourth-order valence-electron chi connectivity index (χ4n) is 3.06. The van der Waals surface area contributed by atoms with Gasteiger partial charge in [0.25, 0.3) is 0 Å². The van der Waals surface area contributed by atoms with E-state index >= 15 is 0 Å². The lowest BCUT2D eigenvalue weighted by molar-refractivity contribution is -0.135. The number of ether oxygens (including phenoxy) is 1. The molecule has 0 spiro atoms. The van der Waals surface area contributed by atoms with E-state index in [1.165, 1.54) is 0 Å². The van der Waals surface area contributed by atoms with Gasteiger partial charge in [-0.05, 0) is 25.0 Å². The molecule has 0 aromatic heterocycles. The standard InChI is InChI=1S/C15H18N2O3/c1-20-13-7-3-2-5-11(13)17-10-8-14(18)16-9-4-6-12(16)15(17)19/h2-3,5,7,12H,4,6,8-10H2,1H3. The van der Waals surface area contributed by atoms with E-state index in [-0.39, 0.29) is 17.9 Å². The number of methoxy groups -OCH3 is 1. The summed E-state index contributed by atoms with van der Waals surface area (Å²) in [6.07, 6.45) is 2.04. The Balaban J connectivity index is 1.97. The number of hydrogen-bond acceptors (Lipinski definition) is 3. The quantitative estimate of drug-likeness (QED) is 0.819. The number of para-hydroxylation sites is 2. The fourth-order valence-corrected chi connectivity index (χ4v) is 3.06. The summed E-state index contributed by atoms with van der Waals surface area (Å²) in [6, 6.07) is 7.16. The third-order valence-electron chi connectivity index (χ3n) is 4.05. The van der Waals surface area contributed by atoms with Crippen molar-refractivity contribution >= 4 is 17.5 Å². The second-order valence-electron chi connectivity index (χ2n) is 5.16. The highest BCUT2D eigenvalue weighted by atomic mass is 16.5. The van der Waals surface area contributed by atoms with Gasteiger partial charge in [0, 0.05) is 19.5 Å². The first-order valence-corrected chi connectivity index (χ1v) is 6.96. The normalized spacial score (nSPS) is 22.8. The first kappa shape index (κ1) is 13.0. The molecule has 2 heterocycles. The molecule has 0 N–H and O–H groups in total. The fraction of sp³-hybridized carbons (Fsp3) is 0.467. The largest absolute Gasteiger partial charge is 0.495 e. The van der Waals surface area contributed by atoms with Crippen LogP contribution in [0.15, 0.2) is 24.3 Å². The monoisotopic (exact) mass is 274 g/mol. The van der Waals surface area contributed by atoms with E-state index in [4.69, 9.17) is 4.74 Å². The van der Waals surface area contributed by atoms with Crippen molar-refractivity contribution in [2.24, 2.45) is 0 Å². The van der Waals surface area contributed by atoms with Crippen molar-refractivity contribution in [3.05, 3.63) is 24.3 Å². The molecule has 5 nitrogen and oxygen atoms in total. The van der Waals surface area contributed by atoms with Gasteiger partial charge in [-0.3, -0.25) is 9.59 Å². The maximum absolute atomic E-state index is 12.7. The molecule has 1 aromatic rings. The minimum Gasteiger partial charge on any atom is -0.495 e. The van der Waals surface area contributed by atoms with Gasteiger partial charge >= 0.3 is 0 Å². The van der Waals surface area contributed by atoms with Gasteiger partial charge in [-0.25, -0.2) is 0 Å². The van der Waals surface area contributed by atoms with E-state index in [1.54, 1.807) is 16.9 Å². The van der Waals surface area contributed by atoms with Gasteiger partial charge in [-0.1, -0.05) is 12.1 Å². The lowest BCUT2D eigenvalue weighted by atomic mass is 10.1. The molecule has 1 atom stereocenters. The molecule has 106 valence electrons. The van der Waals surface area contributed by atoms with Crippen molar-refractivity contribution in [3.8, 4) is 5.75 Å². The lowest BCUT2D eigenvalue weighted by Gasteiger charge is -2.26. The minimum absolute atomic E-state index is 0.0119. The summed E-state index contributed by atoms with van der Waals surface area (Å²) in [5.74, 6) is 0.760. The van der Waals surface area contributed by atoms with E-state index in [9.17, 15) is 9.59 Å². The Bertz CT molecular complexity index is 544. The molecule has 0 radical (unpaired) electrons. The molecule has 5 heteroatoms. The second kappa shape index (κ2) is 5.15. The van der Waals surface area contributed by atoms with E-state index in [0.29, 0.717) is 25.3 Å². The number of carbonyl (C=O) groups excluding carboxylic acids is 2. The van der Waals surface area contributed by atoms with Crippen LogP contribution in [-0.2, 0) is 9.59 Å². The molecule has 1 unspecified atom stereocenters. The van der Waals surface area contributed by atoms with Crippen molar-refractivity contribution in [2.75, 3.05) is 25.1 Å². The van der Waals surface area contributed by atoms with Crippen molar-refractivity contribution < 1.29 is 14.3 Å². The highest BCUT2D eigenvalue weighted by Crippen LogP contribution is 2.32. The first-order chi connectivity index (χ1) is 9.72. The molecule has 2 amide bonds. The van der Waals surface area contributed by atoms with Crippen LogP contribution in [0, 0.1) is 0 Å². The number of hydrogen-bond donors (Lipinski definition) is 0. The van der Waals surface area contributed by atoms with Gasteiger partial charge in [0.2, 0.25) is 11.8 Å². The van der Waals surface area contributed by atoms with Crippen LogP contribution in [-0.4, -0.2) is 43.0 Å². The third kappa shape index (κ3) is 2.03. The first-order valence-electron chi connectivity index (χ1n) is 6.96. The molecule has 0 aliphatic carbocycles. The molecule has 1 aromatic carbocycles. The average molecular weight is 274 g/mol. The van der Waals surface area contributed by atoms with Crippen molar-refractivity contribution in [1.82, 2.24) is 4.90 Å². The van der Waals surface area contributed by atoms with Gasteiger partial charge in [0.05, 0.1) is 12.8 Å². The summed E-state index contributed by atoms with van der Waals surface area (Å²) in [7, 11) is 1.59. The predicted molar refractivity (Wildman–Crippen MR) is 74.7 cm³/mol. The number of fused-ring (bicyclic) bond motifs is 1. The Morgan fingerprint density at radius 2 is 2.00 bits per heavy atom. The minimum atomic E-state index is -0.296. The lowest BCUT2D eigenvalue weighted by Crippen LogP contribution is -2.43. The van der Waals surface area contributed by atoms with Crippen molar-refractivity contribution in [2.45, 2.75) is 25.3 Å².